The van der Waals surface area contributed by atoms with Gasteiger partial charge in [0.1, 0.15) is 0 Å². The van der Waals surface area contributed by atoms with Crippen molar-refractivity contribution in [1.29, 1.82) is 0 Å². The summed E-state index contributed by atoms with van der Waals surface area (Å²) >= 11 is 4.74. The van der Waals surface area contributed by atoms with Crippen LogP contribution in [-0.2, 0) is 9.47 Å². The maximum atomic E-state index is 5.61. The normalized spacial score (nSPS) is 9.86. The molecule has 1 aromatic rings. The van der Waals surface area contributed by atoms with Crippen molar-refractivity contribution in [3.05, 3.63) is 35.9 Å². The molecule has 0 aliphatic rings. The molecule has 0 fully saturated rings. The minimum atomic E-state index is 0.159. The Bertz CT molecular complexity index is 193. The van der Waals surface area contributed by atoms with E-state index in [0.717, 1.165) is 0 Å². The average molecular weight is 456 g/mol. The second-order valence-corrected chi connectivity index (χ2v) is 14.1. The predicted octanol–water partition coefficient (Wildman–Crippen LogP) is 4.50. The van der Waals surface area contributed by atoms with Crippen LogP contribution >= 0.6 is 40.0 Å². The molecule has 1 nitrogen and oxygen atoms in total. The van der Waals surface area contributed by atoms with E-state index in [2.05, 4.69) is 40.0 Å². The summed E-state index contributed by atoms with van der Waals surface area (Å²) in [6.07, 6.45) is 0. The third-order valence-electron chi connectivity index (χ3n) is 1.33. The van der Waals surface area contributed by atoms with Gasteiger partial charge in [-0.3, -0.25) is 0 Å². The van der Waals surface area contributed by atoms with Crippen molar-refractivity contribution in [3.8, 4) is 0 Å². The van der Waals surface area contributed by atoms with Crippen molar-refractivity contribution in [3.63, 3.8) is 0 Å². The van der Waals surface area contributed by atoms with Crippen LogP contribution in [0.25, 0.3) is 0 Å². The first-order chi connectivity index (χ1) is 6.72. The van der Waals surface area contributed by atoms with Gasteiger partial charge in [0.05, 0.1) is 0 Å². The van der Waals surface area contributed by atoms with Gasteiger partial charge in [-0.15, -0.1) is 0 Å². The summed E-state index contributed by atoms with van der Waals surface area (Å²) in [5.41, 5.74) is 6.81. The standard InChI is InChI=1S/C8H11N.C2H6.2HI.V/c1-7(9)8-5-3-2-4-6-8;1-2;;;/h2-7H,9H2,1H3;1-2H3;2*1H;/q;;;;+2/p-2. The van der Waals surface area contributed by atoms with Crippen molar-refractivity contribution in [1.82, 2.24) is 0 Å². The summed E-state index contributed by atoms with van der Waals surface area (Å²) in [6, 6.07) is 10.2. The van der Waals surface area contributed by atoms with Crippen LogP contribution in [0.4, 0.5) is 0 Å². The van der Waals surface area contributed by atoms with E-state index in [4.69, 9.17) is 5.73 Å². The molecule has 81 valence electrons. The van der Waals surface area contributed by atoms with E-state index in [9.17, 15) is 0 Å². The van der Waals surface area contributed by atoms with Gasteiger partial charge in [-0.25, -0.2) is 0 Å². The molecular formula is C10H17I2NV. The Labute approximate surface area is 116 Å². The van der Waals surface area contributed by atoms with Gasteiger partial charge in [0.25, 0.3) is 0 Å². The summed E-state index contributed by atoms with van der Waals surface area (Å²) < 4.78 is 0. The number of benzene rings is 1. The summed E-state index contributed by atoms with van der Waals surface area (Å²) in [4.78, 5) is 0. The van der Waals surface area contributed by atoms with Gasteiger partial charge >= 0.3 is 49.4 Å². The Morgan fingerprint density at radius 3 is 1.71 bits per heavy atom. The van der Waals surface area contributed by atoms with E-state index in [0.29, 0.717) is 9.47 Å². The van der Waals surface area contributed by atoms with Crippen molar-refractivity contribution in [2.24, 2.45) is 5.73 Å². The molecule has 0 bridgehead atoms. The van der Waals surface area contributed by atoms with Gasteiger partial charge in [0.15, 0.2) is 0 Å². The van der Waals surface area contributed by atoms with Gasteiger partial charge in [0.2, 0.25) is 0 Å². The topological polar surface area (TPSA) is 26.0 Å². The molecule has 2 N–H and O–H groups in total. The van der Waals surface area contributed by atoms with Crippen LogP contribution in [0, 0.1) is 0 Å². The Morgan fingerprint density at radius 2 is 1.50 bits per heavy atom. The van der Waals surface area contributed by atoms with Crippen molar-refractivity contribution in [2.75, 3.05) is 0 Å². The third kappa shape index (κ3) is 11.3. The summed E-state index contributed by atoms with van der Waals surface area (Å²) in [6.45, 7) is 5.98. The zero-order valence-corrected chi connectivity index (χ0v) is 14.5. The van der Waals surface area contributed by atoms with Crippen LogP contribution in [0.2, 0.25) is 0 Å². The quantitative estimate of drug-likeness (QED) is 0.620. The van der Waals surface area contributed by atoms with Crippen molar-refractivity contribution >= 4 is 40.0 Å². The first-order valence-electron chi connectivity index (χ1n) is 4.45. The number of hydrogen-bond donors (Lipinski definition) is 1. The average Bonchev–Trinajstić information content (AvgIpc) is 2.23. The fourth-order valence-corrected chi connectivity index (χ4v) is 0.757. The number of halogens is 2. The summed E-state index contributed by atoms with van der Waals surface area (Å²) in [7, 11) is 0.628. The molecule has 0 spiro atoms. The SMILES string of the molecule is CC.CC(N)c1ccccc1.[I][V][I]. The van der Waals surface area contributed by atoms with E-state index in [1.54, 1.807) is 0 Å². The molecule has 0 heterocycles. The van der Waals surface area contributed by atoms with E-state index in [1.165, 1.54) is 5.56 Å². The number of rotatable bonds is 1. The molecule has 0 saturated heterocycles. The first-order valence-corrected chi connectivity index (χ1v) is 13.5. The Morgan fingerprint density at radius 1 is 1.14 bits per heavy atom. The zero-order valence-electron chi connectivity index (χ0n) is 8.74. The second-order valence-electron chi connectivity index (χ2n) is 2.26. The molecular weight excluding hydrogens is 439 g/mol. The minimum absolute atomic E-state index is 0.159. The van der Waals surface area contributed by atoms with Gasteiger partial charge in [-0.05, 0) is 12.5 Å². The molecule has 0 aromatic heterocycles. The molecule has 4 heteroatoms. The molecule has 0 amide bonds. The van der Waals surface area contributed by atoms with Crippen molar-refractivity contribution < 1.29 is 9.47 Å². The van der Waals surface area contributed by atoms with Crippen LogP contribution in [-0.4, -0.2) is 0 Å². The molecule has 1 aromatic carbocycles. The van der Waals surface area contributed by atoms with Gasteiger partial charge in [-0.1, -0.05) is 44.2 Å². The molecule has 1 rings (SSSR count). The van der Waals surface area contributed by atoms with Crippen LogP contribution in [0.5, 0.6) is 0 Å². The fraction of sp³-hybridized carbons (Fsp3) is 0.400. The molecule has 0 radical (unpaired) electrons. The monoisotopic (exact) mass is 456 g/mol. The first kappa shape index (κ1) is 17.6. The Hall–Kier alpha value is 1.22. The Balaban J connectivity index is 0. The van der Waals surface area contributed by atoms with Gasteiger partial charge in [0, 0.05) is 6.04 Å². The molecule has 1 atom stereocenters. The van der Waals surface area contributed by atoms with E-state index >= 15 is 0 Å². The predicted molar refractivity (Wildman–Crippen MR) is 78.4 cm³/mol. The van der Waals surface area contributed by atoms with E-state index in [1.807, 2.05) is 51.1 Å². The van der Waals surface area contributed by atoms with Crippen LogP contribution in [0.3, 0.4) is 0 Å². The van der Waals surface area contributed by atoms with Gasteiger partial charge < -0.3 is 5.73 Å². The van der Waals surface area contributed by atoms with E-state index in [-0.39, 0.29) is 6.04 Å². The van der Waals surface area contributed by atoms with Crippen molar-refractivity contribution in [2.45, 2.75) is 26.8 Å². The molecule has 0 aliphatic carbocycles. The molecule has 1 unspecified atom stereocenters. The van der Waals surface area contributed by atoms with E-state index < -0.39 is 0 Å². The van der Waals surface area contributed by atoms with Crippen LogP contribution in [0.1, 0.15) is 32.4 Å². The number of nitrogens with two attached hydrogens (primary N) is 1. The third-order valence-corrected chi connectivity index (χ3v) is 1.33. The summed E-state index contributed by atoms with van der Waals surface area (Å²) in [5.74, 6) is 0. The zero-order chi connectivity index (χ0) is 11.4. The Kier molecular flexibility index (Phi) is 17.9. The van der Waals surface area contributed by atoms with Gasteiger partial charge in [-0.2, -0.15) is 0 Å². The molecule has 0 saturated carbocycles. The summed E-state index contributed by atoms with van der Waals surface area (Å²) in [5, 5.41) is 0. The molecule has 14 heavy (non-hydrogen) atoms. The molecule has 0 aliphatic heterocycles. The van der Waals surface area contributed by atoms with Crippen LogP contribution in [0.15, 0.2) is 30.3 Å². The maximum absolute atomic E-state index is 5.61. The fourth-order valence-electron chi connectivity index (χ4n) is 0.757. The number of hydrogen-bond acceptors (Lipinski definition) is 1. The van der Waals surface area contributed by atoms with Crippen LogP contribution < -0.4 is 5.73 Å². The second kappa shape index (κ2) is 14.2.